The summed E-state index contributed by atoms with van der Waals surface area (Å²) in [6.45, 7) is 2.71. The predicted octanol–water partition coefficient (Wildman–Crippen LogP) is 0.184. The van der Waals surface area contributed by atoms with Crippen LogP contribution in [0.25, 0.3) is 0 Å². The van der Waals surface area contributed by atoms with Gasteiger partial charge < -0.3 is 14.8 Å². The molecular formula is C11H15N3O3. The summed E-state index contributed by atoms with van der Waals surface area (Å²) in [6, 6.07) is 1.68. The van der Waals surface area contributed by atoms with Crippen LogP contribution in [0.4, 0.5) is 0 Å². The summed E-state index contributed by atoms with van der Waals surface area (Å²) in [6.07, 6.45) is 2.25. The van der Waals surface area contributed by atoms with Crippen molar-refractivity contribution >= 4 is 5.91 Å². The molecule has 1 N–H and O–H groups in total. The Kier molecular flexibility index (Phi) is 2.72. The van der Waals surface area contributed by atoms with Crippen LogP contribution in [0.2, 0.25) is 0 Å². The smallest absolute Gasteiger partial charge is 0.272 e. The number of carbonyl (C=O) groups excluding carboxylic acids is 1. The molecule has 0 bridgehead atoms. The Labute approximate surface area is 98.9 Å². The van der Waals surface area contributed by atoms with Gasteiger partial charge in [-0.3, -0.25) is 4.79 Å². The third-order valence-corrected chi connectivity index (χ3v) is 3.04. The SMILES string of the molecule is O=C(NCC1CCCO1)c1cc2n(n1)CCO2. The van der Waals surface area contributed by atoms with Crippen molar-refractivity contribution in [1.82, 2.24) is 15.1 Å². The molecule has 0 aliphatic carbocycles. The molecule has 17 heavy (non-hydrogen) atoms. The first-order chi connectivity index (χ1) is 8.33. The summed E-state index contributed by atoms with van der Waals surface area (Å²) in [5, 5.41) is 7.01. The molecule has 1 aromatic rings. The minimum absolute atomic E-state index is 0.157. The first kappa shape index (κ1) is 10.6. The van der Waals surface area contributed by atoms with Gasteiger partial charge in [0.2, 0.25) is 5.88 Å². The molecule has 0 radical (unpaired) electrons. The highest BCUT2D eigenvalue weighted by Gasteiger charge is 2.21. The second-order valence-corrected chi connectivity index (χ2v) is 4.28. The van der Waals surface area contributed by atoms with E-state index >= 15 is 0 Å². The molecule has 1 unspecified atom stereocenters. The third-order valence-electron chi connectivity index (χ3n) is 3.04. The van der Waals surface area contributed by atoms with Gasteiger partial charge in [-0.15, -0.1) is 0 Å². The van der Waals surface area contributed by atoms with E-state index in [9.17, 15) is 4.79 Å². The van der Waals surface area contributed by atoms with Crippen molar-refractivity contribution in [2.75, 3.05) is 19.8 Å². The normalized spacial score (nSPS) is 22.2. The summed E-state index contributed by atoms with van der Waals surface area (Å²) < 4.78 is 12.4. The van der Waals surface area contributed by atoms with Gasteiger partial charge in [-0.25, -0.2) is 4.68 Å². The summed E-state index contributed by atoms with van der Waals surface area (Å²) in [5.41, 5.74) is 0.415. The van der Waals surface area contributed by atoms with E-state index < -0.39 is 0 Å². The van der Waals surface area contributed by atoms with Crippen molar-refractivity contribution in [3.8, 4) is 5.88 Å². The van der Waals surface area contributed by atoms with E-state index in [0.29, 0.717) is 31.3 Å². The van der Waals surface area contributed by atoms with Crippen LogP contribution in [-0.2, 0) is 11.3 Å². The van der Waals surface area contributed by atoms with Gasteiger partial charge in [0.15, 0.2) is 5.69 Å². The van der Waals surface area contributed by atoms with Gasteiger partial charge >= 0.3 is 0 Å². The number of hydrogen-bond donors (Lipinski definition) is 1. The van der Waals surface area contributed by atoms with Crippen LogP contribution < -0.4 is 10.1 Å². The Morgan fingerprint density at radius 2 is 2.53 bits per heavy atom. The van der Waals surface area contributed by atoms with Crippen molar-refractivity contribution in [3.63, 3.8) is 0 Å². The molecule has 0 saturated carbocycles. The van der Waals surface area contributed by atoms with Crippen molar-refractivity contribution in [2.45, 2.75) is 25.5 Å². The Hall–Kier alpha value is -1.56. The van der Waals surface area contributed by atoms with Crippen LogP contribution in [-0.4, -0.2) is 41.6 Å². The number of carbonyl (C=O) groups is 1. The number of rotatable bonds is 3. The minimum Gasteiger partial charge on any atom is -0.476 e. The van der Waals surface area contributed by atoms with E-state index in [1.807, 2.05) is 0 Å². The maximum Gasteiger partial charge on any atom is 0.272 e. The second kappa shape index (κ2) is 4.37. The molecule has 1 amide bonds. The van der Waals surface area contributed by atoms with E-state index in [0.717, 1.165) is 19.4 Å². The number of nitrogens with one attached hydrogen (secondary N) is 1. The quantitative estimate of drug-likeness (QED) is 0.814. The first-order valence-corrected chi connectivity index (χ1v) is 5.93. The van der Waals surface area contributed by atoms with Crippen molar-refractivity contribution in [1.29, 1.82) is 0 Å². The number of aromatic nitrogens is 2. The summed E-state index contributed by atoms with van der Waals surface area (Å²) in [5.74, 6) is 0.512. The molecule has 92 valence electrons. The van der Waals surface area contributed by atoms with Crippen molar-refractivity contribution < 1.29 is 14.3 Å². The summed E-state index contributed by atoms with van der Waals surface area (Å²) >= 11 is 0. The molecule has 1 saturated heterocycles. The molecule has 2 aliphatic rings. The van der Waals surface area contributed by atoms with E-state index in [1.165, 1.54) is 0 Å². The molecular weight excluding hydrogens is 222 g/mol. The van der Waals surface area contributed by atoms with Crippen LogP contribution in [0.3, 0.4) is 0 Å². The maximum absolute atomic E-state index is 11.8. The van der Waals surface area contributed by atoms with E-state index in [-0.39, 0.29) is 12.0 Å². The second-order valence-electron chi connectivity index (χ2n) is 4.28. The standard InChI is InChI=1S/C11H15N3O3/c15-11(12-7-8-2-1-4-16-8)9-6-10-14(13-9)3-5-17-10/h6,8H,1-5,7H2,(H,12,15). The fourth-order valence-electron chi connectivity index (χ4n) is 2.13. The number of ether oxygens (including phenoxy) is 2. The van der Waals surface area contributed by atoms with Gasteiger partial charge in [-0.2, -0.15) is 5.10 Å². The Morgan fingerprint density at radius 3 is 3.29 bits per heavy atom. The fourth-order valence-corrected chi connectivity index (χ4v) is 2.13. The van der Waals surface area contributed by atoms with Gasteiger partial charge in [0.25, 0.3) is 5.91 Å². The summed E-state index contributed by atoms with van der Waals surface area (Å²) in [7, 11) is 0. The van der Waals surface area contributed by atoms with Gasteiger partial charge in [-0.05, 0) is 12.8 Å². The lowest BCUT2D eigenvalue weighted by Gasteiger charge is -2.09. The molecule has 3 rings (SSSR count). The molecule has 1 fully saturated rings. The van der Waals surface area contributed by atoms with Gasteiger partial charge in [-0.1, -0.05) is 0 Å². The molecule has 6 heteroatoms. The predicted molar refractivity (Wildman–Crippen MR) is 59.0 cm³/mol. The zero-order valence-electron chi connectivity index (χ0n) is 9.52. The van der Waals surface area contributed by atoms with E-state index in [4.69, 9.17) is 9.47 Å². The monoisotopic (exact) mass is 237 g/mol. The highest BCUT2D eigenvalue weighted by Crippen LogP contribution is 2.18. The molecule has 1 atom stereocenters. The largest absolute Gasteiger partial charge is 0.476 e. The van der Waals surface area contributed by atoms with Crippen LogP contribution in [0.5, 0.6) is 5.88 Å². The third kappa shape index (κ3) is 2.12. The number of hydrogen-bond acceptors (Lipinski definition) is 4. The molecule has 1 aromatic heterocycles. The molecule has 0 aromatic carbocycles. The fraction of sp³-hybridized carbons (Fsp3) is 0.636. The Morgan fingerprint density at radius 1 is 1.59 bits per heavy atom. The summed E-state index contributed by atoms with van der Waals surface area (Å²) in [4.78, 5) is 11.8. The average Bonchev–Trinajstić information content (AvgIpc) is 3.01. The van der Waals surface area contributed by atoms with Crippen molar-refractivity contribution in [3.05, 3.63) is 11.8 Å². The van der Waals surface area contributed by atoms with E-state index in [2.05, 4.69) is 10.4 Å². The highest BCUT2D eigenvalue weighted by molar-refractivity contribution is 5.92. The molecule has 2 aliphatic heterocycles. The van der Waals surface area contributed by atoms with E-state index in [1.54, 1.807) is 10.7 Å². The number of nitrogens with zero attached hydrogens (tertiary/aromatic N) is 2. The van der Waals surface area contributed by atoms with Gasteiger partial charge in [0.05, 0.1) is 12.6 Å². The Balaban J connectivity index is 1.57. The van der Waals surface area contributed by atoms with Gasteiger partial charge in [0, 0.05) is 19.2 Å². The minimum atomic E-state index is -0.161. The maximum atomic E-state index is 11.8. The van der Waals surface area contributed by atoms with Crippen LogP contribution in [0.1, 0.15) is 23.3 Å². The highest BCUT2D eigenvalue weighted by atomic mass is 16.5. The first-order valence-electron chi connectivity index (χ1n) is 5.93. The molecule has 6 nitrogen and oxygen atoms in total. The number of amides is 1. The molecule has 0 spiro atoms. The zero-order valence-corrected chi connectivity index (χ0v) is 9.52. The number of fused-ring (bicyclic) bond motifs is 1. The Bertz CT molecular complexity index is 402. The van der Waals surface area contributed by atoms with Crippen LogP contribution >= 0.6 is 0 Å². The lowest BCUT2D eigenvalue weighted by atomic mass is 10.2. The van der Waals surface area contributed by atoms with Crippen molar-refractivity contribution in [2.24, 2.45) is 0 Å². The zero-order chi connectivity index (χ0) is 11.7. The molecule has 3 heterocycles. The van der Waals surface area contributed by atoms with Crippen LogP contribution in [0.15, 0.2) is 6.07 Å². The lowest BCUT2D eigenvalue weighted by molar-refractivity contribution is 0.0853. The van der Waals surface area contributed by atoms with Crippen LogP contribution in [0, 0.1) is 0 Å². The topological polar surface area (TPSA) is 65.4 Å². The lowest BCUT2D eigenvalue weighted by Crippen LogP contribution is -2.32. The average molecular weight is 237 g/mol. The van der Waals surface area contributed by atoms with Gasteiger partial charge in [0.1, 0.15) is 6.61 Å².